The number of rotatable bonds is 6. The van der Waals surface area contributed by atoms with Crippen molar-refractivity contribution < 1.29 is 0 Å². The average Bonchev–Trinajstić information content (AvgIpc) is 3.14. The van der Waals surface area contributed by atoms with E-state index in [0.29, 0.717) is 11.5 Å². The summed E-state index contributed by atoms with van der Waals surface area (Å²) < 4.78 is 1.25. The predicted molar refractivity (Wildman–Crippen MR) is 81.8 cm³/mol. The van der Waals surface area contributed by atoms with Crippen LogP contribution in [0.25, 0.3) is 0 Å². The standard InChI is InChI=1S/C16H24BrN/c1-12(2)18-11-16(3,14-8-9-14)10-13-6-4-5-7-15(13)17/h4-7,12,14,18H,8-11H2,1-3H3. The Morgan fingerprint density at radius 1 is 1.33 bits per heavy atom. The molecule has 2 heteroatoms. The van der Waals surface area contributed by atoms with Gasteiger partial charge in [0.1, 0.15) is 0 Å². The van der Waals surface area contributed by atoms with Gasteiger partial charge < -0.3 is 5.32 Å². The first kappa shape index (κ1) is 14.1. The van der Waals surface area contributed by atoms with E-state index in [1.54, 1.807) is 0 Å². The molecule has 2 rings (SSSR count). The van der Waals surface area contributed by atoms with Crippen LogP contribution in [0, 0.1) is 11.3 Å². The van der Waals surface area contributed by atoms with Crippen LogP contribution in [-0.2, 0) is 6.42 Å². The number of nitrogens with one attached hydrogen (secondary N) is 1. The fraction of sp³-hybridized carbons (Fsp3) is 0.625. The molecule has 1 unspecified atom stereocenters. The summed E-state index contributed by atoms with van der Waals surface area (Å²) in [5.41, 5.74) is 1.84. The minimum Gasteiger partial charge on any atom is -0.314 e. The molecule has 1 saturated carbocycles. The lowest BCUT2D eigenvalue weighted by molar-refractivity contribution is 0.248. The number of hydrogen-bond acceptors (Lipinski definition) is 1. The Morgan fingerprint density at radius 3 is 2.56 bits per heavy atom. The molecule has 1 aromatic carbocycles. The lowest BCUT2D eigenvalue weighted by atomic mass is 9.78. The van der Waals surface area contributed by atoms with Gasteiger partial charge in [0.05, 0.1) is 0 Å². The normalized spacial score (nSPS) is 18.9. The Balaban J connectivity index is 2.08. The maximum atomic E-state index is 3.68. The van der Waals surface area contributed by atoms with Gasteiger partial charge in [-0.1, -0.05) is 54.9 Å². The summed E-state index contributed by atoms with van der Waals surface area (Å²) >= 11 is 3.68. The molecule has 1 aliphatic rings. The van der Waals surface area contributed by atoms with E-state index in [2.05, 4.69) is 66.3 Å². The molecule has 100 valence electrons. The first-order chi connectivity index (χ1) is 8.51. The molecule has 1 aromatic rings. The van der Waals surface area contributed by atoms with E-state index in [0.717, 1.165) is 12.5 Å². The Hall–Kier alpha value is -0.340. The van der Waals surface area contributed by atoms with E-state index in [4.69, 9.17) is 0 Å². The molecule has 0 aromatic heterocycles. The van der Waals surface area contributed by atoms with E-state index in [-0.39, 0.29) is 0 Å². The summed E-state index contributed by atoms with van der Waals surface area (Å²) in [5.74, 6) is 0.899. The fourth-order valence-electron chi connectivity index (χ4n) is 2.65. The van der Waals surface area contributed by atoms with E-state index in [1.165, 1.54) is 29.3 Å². The van der Waals surface area contributed by atoms with Gasteiger partial charge in [-0.15, -0.1) is 0 Å². The summed E-state index contributed by atoms with van der Waals surface area (Å²) in [7, 11) is 0. The molecular weight excluding hydrogens is 286 g/mol. The van der Waals surface area contributed by atoms with Gasteiger partial charge in [-0.25, -0.2) is 0 Å². The molecule has 0 heterocycles. The van der Waals surface area contributed by atoms with E-state index in [1.807, 2.05) is 0 Å². The highest BCUT2D eigenvalue weighted by atomic mass is 79.9. The van der Waals surface area contributed by atoms with Crippen molar-refractivity contribution >= 4 is 15.9 Å². The van der Waals surface area contributed by atoms with Crippen molar-refractivity contribution in [3.63, 3.8) is 0 Å². The van der Waals surface area contributed by atoms with Gasteiger partial charge in [0.25, 0.3) is 0 Å². The van der Waals surface area contributed by atoms with Gasteiger partial charge in [-0.3, -0.25) is 0 Å². The van der Waals surface area contributed by atoms with Crippen molar-refractivity contribution in [2.24, 2.45) is 11.3 Å². The smallest absolute Gasteiger partial charge is 0.0207 e. The highest BCUT2D eigenvalue weighted by molar-refractivity contribution is 9.10. The quantitative estimate of drug-likeness (QED) is 0.821. The number of benzene rings is 1. The first-order valence-electron chi connectivity index (χ1n) is 6.98. The van der Waals surface area contributed by atoms with Crippen LogP contribution in [0.5, 0.6) is 0 Å². The minimum atomic E-state index is 0.397. The third-order valence-electron chi connectivity index (χ3n) is 4.03. The summed E-state index contributed by atoms with van der Waals surface area (Å²) in [4.78, 5) is 0. The molecule has 1 atom stereocenters. The van der Waals surface area contributed by atoms with Crippen molar-refractivity contribution in [2.45, 2.75) is 46.1 Å². The second-order valence-electron chi connectivity index (χ2n) is 6.23. The molecule has 0 amide bonds. The van der Waals surface area contributed by atoms with Crippen LogP contribution in [-0.4, -0.2) is 12.6 Å². The van der Waals surface area contributed by atoms with Gasteiger partial charge in [-0.2, -0.15) is 0 Å². The summed E-state index contributed by atoms with van der Waals surface area (Å²) in [6.07, 6.45) is 3.97. The molecule has 0 radical (unpaired) electrons. The summed E-state index contributed by atoms with van der Waals surface area (Å²) in [6, 6.07) is 9.21. The van der Waals surface area contributed by atoms with Gasteiger partial charge in [-0.05, 0) is 42.2 Å². The van der Waals surface area contributed by atoms with Crippen molar-refractivity contribution in [1.29, 1.82) is 0 Å². The molecular formula is C16H24BrN. The molecule has 0 aliphatic heterocycles. The van der Waals surface area contributed by atoms with Gasteiger partial charge in [0, 0.05) is 17.1 Å². The molecule has 0 saturated heterocycles. The summed E-state index contributed by atoms with van der Waals surface area (Å²) in [6.45, 7) is 8.02. The molecule has 0 spiro atoms. The molecule has 1 aliphatic carbocycles. The maximum Gasteiger partial charge on any atom is 0.0207 e. The topological polar surface area (TPSA) is 12.0 Å². The second-order valence-corrected chi connectivity index (χ2v) is 7.09. The number of hydrogen-bond donors (Lipinski definition) is 1. The lowest BCUT2D eigenvalue weighted by Gasteiger charge is -2.32. The fourth-order valence-corrected chi connectivity index (χ4v) is 3.07. The zero-order chi connectivity index (χ0) is 13.2. The predicted octanol–water partition coefficient (Wildman–Crippen LogP) is 4.41. The average molecular weight is 310 g/mol. The SMILES string of the molecule is CC(C)NCC(C)(Cc1ccccc1Br)C1CC1. The van der Waals surface area contributed by atoms with Crippen LogP contribution >= 0.6 is 15.9 Å². The van der Waals surface area contributed by atoms with Crippen molar-refractivity contribution in [2.75, 3.05) is 6.54 Å². The van der Waals surface area contributed by atoms with Crippen LogP contribution < -0.4 is 5.32 Å². The zero-order valence-electron chi connectivity index (χ0n) is 11.7. The third kappa shape index (κ3) is 3.58. The number of halogens is 1. The van der Waals surface area contributed by atoms with Gasteiger partial charge >= 0.3 is 0 Å². The molecule has 0 bridgehead atoms. The molecule has 1 nitrogen and oxygen atoms in total. The first-order valence-corrected chi connectivity index (χ1v) is 7.77. The van der Waals surface area contributed by atoms with Crippen molar-refractivity contribution in [3.8, 4) is 0 Å². The van der Waals surface area contributed by atoms with Crippen LogP contribution in [0.2, 0.25) is 0 Å². The van der Waals surface area contributed by atoms with Crippen molar-refractivity contribution in [1.82, 2.24) is 5.32 Å². The van der Waals surface area contributed by atoms with E-state index in [9.17, 15) is 0 Å². The van der Waals surface area contributed by atoms with Crippen LogP contribution in [0.4, 0.5) is 0 Å². The van der Waals surface area contributed by atoms with E-state index < -0.39 is 0 Å². The largest absolute Gasteiger partial charge is 0.314 e. The lowest BCUT2D eigenvalue weighted by Crippen LogP contribution is -2.38. The monoisotopic (exact) mass is 309 g/mol. The third-order valence-corrected chi connectivity index (χ3v) is 4.80. The summed E-state index contributed by atoms with van der Waals surface area (Å²) in [5, 5.41) is 3.63. The van der Waals surface area contributed by atoms with Gasteiger partial charge in [0.2, 0.25) is 0 Å². The Kier molecular flexibility index (Phi) is 4.50. The minimum absolute atomic E-state index is 0.397. The Bertz CT molecular complexity index is 398. The highest BCUT2D eigenvalue weighted by Gasteiger charge is 2.41. The van der Waals surface area contributed by atoms with E-state index >= 15 is 0 Å². The zero-order valence-corrected chi connectivity index (χ0v) is 13.3. The van der Waals surface area contributed by atoms with Crippen molar-refractivity contribution in [3.05, 3.63) is 34.3 Å². The molecule has 18 heavy (non-hydrogen) atoms. The second kappa shape index (κ2) is 5.75. The maximum absolute atomic E-state index is 3.68. The van der Waals surface area contributed by atoms with Crippen LogP contribution in [0.3, 0.4) is 0 Å². The Labute approximate surface area is 119 Å². The molecule has 1 fully saturated rings. The van der Waals surface area contributed by atoms with Crippen LogP contribution in [0.15, 0.2) is 28.7 Å². The Morgan fingerprint density at radius 2 is 2.00 bits per heavy atom. The highest BCUT2D eigenvalue weighted by Crippen LogP contribution is 2.47. The van der Waals surface area contributed by atoms with Crippen LogP contribution in [0.1, 0.15) is 39.2 Å². The molecule has 1 N–H and O–H groups in total. The van der Waals surface area contributed by atoms with Gasteiger partial charge in [0.15, 0.2) is 0 Å².